The fourth-order valence-corrected chi connectivity index (χ4v) is 6.37. The van der Waals surface area contributed by atoms with E-state index in [1.165, 1.54) is 0 Å². The van der Waals surface area contributed by atoms with Gasteiger partial charge < -0.3 is 18.9 Å². The van der Waals surface area contributed by atoms with Crippen LogP contribution in [0.1, 0.15) is 73.7 Å². The molecule has 2 aliphatic carbocycles. The topological polar surface area (TPSA) is 71.1 Å². The van der Waals surface area contributed by atoms with Gasteiger partial charge in [0.05, 0.1) is 24.9 Å². The fraction of sp³-hybridized carbons (Fsp3) is 0.714. The molecule has 1 aromatic rings. The van der Waals surface area contributed by atoms with E-state index in [1.807, 2.05) is 30.3 Å². The van der Waals surface area contributed by atoms with Crippen molar-refractivity contribution < 1.29 is 29.9 Å². The van der Waals surface area contributed by atoms with Gasteiger partial charge in [-0.2, -0.15) is 0 Å². The number of carbonyl (C=O) groups is 2. The molecule has 1 heterocycles. The molecule has 0 N–H and O–H groups in total. The maximum atomic E-state index is 13.4. The van der Waals surface area contributed by atoms with Crippen molar-refractivity contribution in [2.45, 2.75) is 90.6 Å². The van der Waals surface area contributed by atoms with Gasteiger partial charge in [0.2, 0.25) is 0 Å². The lowest BCUT2D eigenvalue weighted by atomic mass is 9.71. The van der Waals surface area contributed by atoms with Crippen molar-refractivity contribution in [1.29, 1.82) is 0 Å². The summed E-state index contributed by atoms with van der Waals surface area (Å²) in [5.41, 5.74) is -1.31. The van der Waals surface area contributed by atoms with E-state index in [1.54, 1.807) is 13.8 Å². The van der Waals surface area contributed by atoms with E-state index in [0.29, 0.717) is 5.92 Å². The van der Waals surface area contributed by atoms with Crippen molar-refractivity contribution in [2.75, 3.05) is 13.2 Å². The fourth-order valence-electron chi connectivity index (χ4n) is 6.37. The highest BCUT2D eigenvalue weighted by atomic mass is 16.7. The van der Waals surface area contributed by atoms with E-state index in [9.17, 15) is 11.0 Å². The molecule has 2 saturated carbocycles. The maximum absolute atomic E-state index is 13.4. The molecule has 1 aliphatic heterocycles. The monoisotopic (exact) mass is 473 g/mol. The molecule has 0 aromatic heterocycles. The molecule has 34 heavy (non-hydrogen) atoms. The summed E-state index contributed by atoms with van der Waals surface area (Å²) in [6.07, 6.45) is 2.27. The minimum Gasteiger partial charge on any atom is -0.465 e. The van der Waals surface area contributed by atoms with Crippen molar-refractivity contribution >= 4 is 11.9 Å². The highest BCUT2D eigenvalue weighted by Crippen LogP contribution is 2.59. The predicted octanol–water partition coefficient (Wildman–Crippen LogP) is 5.08. The summed E-state index contributed by atoms with van der Waals surface area (Å²) >= 11 is 0. The normalized spacial score (nSPS) is 35.1. The Morgan fingerprint density at radius 1 is 1.09 bits per heavy atom. The molecule has 4 rings (SSSR count). The largest absolute Gasteiger partial charge is 0.465 e. The molecule has 0 bridgehead atoms. The first-order valence-electron chi connectivity index (χ1n) is 13.4. The van der Waals surface area contributed by atoms with E-state index in [0.717, 1.165) is 24.8 Å². The number of hydrogen-bond acceptors (Lipinski definition) is 6. The van der Waals surface area contributed by atoms with Crippen molar-refractivity contribution in [3.8, 4) is 0 Å². The van der Waals surface area contributed by atoms with Crippen LogP contribution in [0.15, 0.2) is 30.3 Å². The summed E-state index contributed by atoms with van der Waals surface area (Å²) < 4.78 is 33.8. The molecule has 6 heteroatoms. The molecule has 1 saturated heterocycles. The van der Waals surface area contributed by atoms with Gasteiger partial charge in [-0.25, -0.2) is 0 Å². The number of fused-ring (bicyclic) bond motifs is 1. The van der Waals surface area contributed by atoms with E-state index in [-0.39, 0.29) is 38.1 Å². The van der Waals surface area contributed by atoms with Gasteiger partial charge in [-0.1, -0.05) is 43.7 Å². The molecule has 3 fully saturated rings. The Morgan fingerprint density at radius 3 is 2.35 bits per heavy atom. The van der Waals surface area contributed by atoms with Gasteiger partial charge in [-0.3, -0.25) is 9.59 Å². The molecule has 1 aromatic carbocycles. The zero-order chi connectivity index (χ0) is 25.4. The molecule has 3 aliphatic rings. The number of benzene rings is 1. The second kappa shape index (κ2) is 9.62. The summed E-state index contributed by atoms with van der Waals surface area (Å²) in [4.78, 5) is 26.8. The Labute approximate surface area is 205 Å². The van der Waals surface area contributed by atoms with Gasteiger partial charge in [-0.05, 0) is 64.8 Å². The van der Waals surface area contributed by atoms with Crippen LogP contribution in [0, 0.1) is 23.2 Å². The lowest BCUT2D eigenvalue weighted by Gasteiger charge is -2.56. The van der Waals surface area contributed by atoms with Gasteiger partial charge in [-0.15, -0.1) is 0 Å². The van der Waals surface area contributed by atoms with Crippen LogP contribution in [-0.4, -0.2) is 42.6 Å². The zero-order valence-electron chi connectivity index (χ0n) is 22.2. The Bertz CT molecular complexity index is 899. The smallest absolute Gasteiger partial charge is 0.323 e. The van der Waals surface area contributed by atoms with Gasteiger partial charge in [0, 0.05) is 19.6 Å². The summed E-state index contributed by atoms with van der Waals surface area (Å²) in [7, 11) is 0. The Balaban J connectivity index is 1.81. The summed E-state index contributed by atoms with van der Waals surface area (Å²) in [5.74, 6) is -2.34. The number of hydrogen-bond donors (Lipinski definition) is 0. The zero-order valence-corrected chi connectivity index (χ0v) is 21.2. The lowest BCUT2D eigenvalue weighted by molar-refractivity contribution is -0.383. The second-order valence-electron chi connectivity index (χ2n) is 10.8. The molecule has 0 radical (unpaired) electrons. The van der Waals surface area contributed by atoms with Crippen molar-refractivity contribution in [1.82, 2.24) is 0 Å². The van der Waals surface area contributed by atoms with E-state index >= 15 is 0 Å². The Kier molecular flexibility index (Phi) is 6.73. The average molecular weight is 474 g/mol. The Morgan fingerprint density at radius 2 is 1.74 bits per heavy atom. The van der Waals surface area contributed by atoms with Crippen LogP contribution in [0.3, 0.4) is 0 Å². The van der Waals surface area contributed by atoms with Crippen molar-refractivity contribution in [2.24, 2.45) is 23.2 Å². The van der Waals surface area contributed by atoms with Crippen LogP contribution in [0.25, 0.3) is 0 Å². The minimum atomic E-state index is -1.58. The van der Waals surface area contributed by atoms with Gasteiger partial charge in [0.15, 0.2) is 11.2 Å². The van der Waals surface area contributed by atoms with E-state index in [4.69, 9.17) is 18.9 Å². The molecule has 6 nitrogen and oxygen atoms in total. The summed E-state index contributed by atoms with van der Waals surface area (Å²) in [6, 6.07) is 9.51. The van der Waals surface area contributed by atoms with Crippen molar-refractivity contribution in [3.63, 3.8) is 0 Å². The Hall–Kier alpha value is -1.92. The molecular weight excluding hydrogens is 432 g/mol. The quantitative estimate of drug-likeness (QED) is 0.424. The third-order valence-electron chi connectivity index (χ3n) is 7.94. The van der Waals surface area contributed by atoms with Crippen LogP contribution in [0.2, 0.25) is 0 Å². The number of esters is 2. The van der Waals surface area contributed by atoms with E-state index < -0.39 is 41.1 Å². The first-order valence-corrected chi connectivity index (χ1v) is 12.8. The number of carbonyl (C=O) groups excluding carboxylic acids is 2. The predicted molar refractivity (Wildman–Crippen MR) is 128 cm³/mol. The molecule has 1 spiro atoms. The van der Waals surface area contributed by atoms with Crippen LogP contribution in [-0.2, 0) is 34.9 Å². The highest BCUT2D eigenvalue weighted by molar-refractivity contribution is 6.00. The lowest BCUT2D eigenvalue weighted by Crippen LogP contribution is -2.61. The first-order chi connectivity index (χ1) is 16.6. The summed E-state index contributed by atoms with van der Waals surface area (Å²) in [5, 5.41) is 0. The van der Waals surface area contributed by atoms with Crippen LogP contribution in [0.4, 0.5) is 0 Å². The standard InChI is InChI=1S/C28H40O6/c1-6-31-24(29)27(25(30)32-7-2)17-21(16-20-11-9-8-10-12-20)28(18-27)33-23-15-19(3)13-14-22(23)26(4,5)34-28/h8-12,19,21-23H,6-7,13-18H2,1-5H3/t19-,21?,22-,23-,28-/m1/s1/i16D/t16?,19-,21?,22-,23-,28-. The SMILES string of the molecule is [2H]C(c1ccccc1)C1CC(C(=O)OCC)(C(=O)OCC)C[C@]12O[C@@H]1C[C@H](C)CC[C@H]1C(C)(C)O2. The first kappa shape index (κ1) is 23.8. The van der Waals surface area contributed by atoms with Crippen molar-refractivity contribution in [3.05, 3.63) is 35.9 Å². The third kappa shape index (κ3) is 4.51. The second-order valence-corrected chi connectivity index (χ2v) is 10.8. The highest BCUT2D eigenvalue weighted by Gasteiger charge is 2.68. The van der Waals surface area contributed by atoms with E-state index in [2.05, 4.69) is 20.8 Å². The van der Waals surface area contributed by atoms with Crippen LogP contribution in [0.5, 0.6) is 0 Å². The third-order valence-corrected chi connectivity index (χ3v) is 7.94. The molecular formula is C28H40O6. The molecule has 6 atom stereocenters. The average Bonchev–Trinajstić information content (AvgIpc) is 3.13. The molecule has 0 amide bonds. The van der Waals surface area contributed by atoms with Crippen LogP contribution >= 0.6 is 0 Å². The van der Waals surface area contributed by atoms with Gasteiger partial charge in [0.25, 0.3) is 0 Å². The number of rotatable bonds is 6. The minimum absolute atomic E-state index is 0.00836. The molecule has 188 valence electrons. The summed E-state index contributed by atoms with van der Waals surface area (Å²) in [6.45, 7) is 10.1. The van der Waals surface area contributed by atoms with Crippen LogP contribution < -0.4 is 0 Å². The maximum Gasteiger partial charge on any atom is 0.323 e. The molecule has 2 unspecified atom stereocenters. The van der Waals surface area contributed by atoms with Gasteiger partial charge in [0.1, 0.15) is 0 Å². The number of ether oxygens (including phenoxy) is 4. The van der Waals surface area contributed by atoms with Gasteiger partial charge >= 0.3 is 11.9 Å².